The second-order valence-electron chi connectivity index (χ2n) is 8.10. The second kappa shape index (κ2) is 9.75. The van der Waals surface area contributed by atoms with E-state index in [1.54, 1.807) is 6.92 Å². The van der Waals surface area contributed by atoms with E-state index in [-0.39, 0.29) is 23.2 Å². The molecule has 1 spiro atoms. The van der Waals surface area contributed by atoms with E-state index in [4.69, 9.17) is 16.6 Å². The summed E-state index contributed by atoms with van der Waals surface area (Å²) in [7, 11) is 0. The van der Waals surface area contributed by atoms with E-state index >= 15 is 0 Å². The number of likely N-dealkylation sites (tertiary alicyclic amines) is 2. The molecule has 158 valence electrons. The van der Waals surface area contributed by atoms with Gasteiger partial charge in [0.15, 0.2) is 5.96 Å². The van der Waals surface area contributed by atoms with Gasteiger partial charge in [0.1, 0.15) is 0 Å². The third-order valence-electron chi connectivity index (χ3n) is 6.19. The SMILES string of the molecule is C[C@@H](CCC(=O)N1CCC2(CCN(C(=O)CCN=C(N)N)CC2)CC1)C(=O)O. The lowest BCUT2D eigenvalue weighted by atomic mass is 9.71. The lowest BCUT2D eigenvalue weighted by molar-refractivity contribution is -0.141. The summed E-state index contributed by atoms with van der Waals surface area (Å²) in [6, 6.07) is 0. The largest absolute Gasteiger partial charge is 0.481 e. The summed E-state index contributed by atoms with van der Waals surface area (Å²) < 4.78 is 0. The number of piperidine rings is 2. The van der Waals surface area contributed by atoms with Gasteiger partial charge in [-0.2, -0.15) is 0 Å². The van der Waals surface area contributed by atoms with Crippen LogP contribution in [0.4, 0.5) is 0 Å². The second-order valence-corrected chi connectivity index (χ2v) is 8.10. The van der Waals surface area contributed by atoms with Crippen LogP contribution in [0.5, 0.6) is 0 Å². The van der Waals surface area contributed by atoms with Crippen molar-refractivity contribution in [2.24, 2.45) is 27.8 Å². The number of aliphatic imine (C=N–C) groups is 1. The fourth-order valence-electron chi connectivity index (χ4n) is 4.02. The number of carboxylic acids is 1. The first-order valence-electron chi connectivity index (χ1n) is 10.1. The van der Waals surface area contributed by atoms with Crippen molar-refractivity contribution in [3.63, 3.8) is 0 Å². The van der Waals surface area contributed by atoms with E-state index in [9.17, 15) is 14.4 Å². The minimum Gasteiger partial charge on any atom is -0.481 e. The van der Waals surface area contributed by atoms with Crippen LogP contribution in [-0.4, -0.2) is 71.4 Å². The molecule has 2 heterocycles. The summed E-state index contributed by atoms with van der Waals surface area (Å²) in [5.41, 5.74) is 10.8. The minimum absolute atomic E-state index is 0.00382. The Morgan fingerprint density at radius 3 is 1.86 bits per heavy atom. The Kier molecular flexibility index (Phi) is 7.65. The number of rotatable bonds is 7. The molecule has 2 amide bonds. The lowest BCUT2D eigenvalue weighted by Gasteiger charge is -2.47. The lowest BCUT2D eigenvalue weighted by Crippen LogP contribution is -2.49. The summed E-state index contributed by atoms with van der Waals surface area (Å²) in [6.45, 7) is 4.88. The molecule has 9 nitrogen and oxygen atoms in total. The van der Waals surface area contributed by atoms with Crippen LogP contribution in [0.15, 0.2) is 4.99 Å². The number of hydrogen-bond donors (Lipinski definition) is 3. The fourth-order valence-corrected chi connectivity index (χ4v) is 4.02. The first kappa shape index (κ1) is 22.0. The molecular formula is C19H33N5O4. The van der Waals surface area contributed by atoms with E-state index in [1.165, 1.54) is 0 Å². The van der Waals surface area contributed by atoms with Crippen molar-refractivity contribution in [1.29, 1.82) is 0 Å². The summed E-state index contributed by atoms with van der Waals surface area (Å²) in [5, 5.41) is 8.93. The smallest absolute Gasteiger partial charge is 0.306 e. The molecular weight excluding hydrogens is 362 g/mol. The third-order valence-corrected chi connectivity index (χ3v) is 6.19. The molecule has 0 aromatic rings. The molecule has 5 N–H and O–H groups in total. The Hall–Kier alpha value is -2.32. The molecule has 0 aliphatic carbocycles. The normalized spacial score (nSPS) is 19.9. The fraction of sp³-hybridized carbons (Fsp3) is 0.789. The van der Waals surface area contributed by atoms with Crippen molar-refractivity contribution in [2.45, 2.75) is 51.9 Å². The molecule has 2 fully saturated rings. The van der Waals surface area contributed by atoms with Crippen molar-refractivity contribution in [3.05, 3.63) is 0 Å². The van der Waals surface area contributed by atoms with Gasteiger partial charge in [-0.3, -0.25) is 19.4 Å². The molecule has 0 bridgehead atoms. The van der Waals surface area contributed by atoms with Crippen LogP contribution in [0.25, 0.3) is 0 Å². The highest BCUT2D eigenvalue weighted by Crippen LogP contribution is 2.41. The summed E-state index contributed by atoms with van der Waals surface area (Å²) >= 11 is 0. The van der Waals surface area contributed by atoms with Crippen LogP contribution < -0.4 is 11.5 Å². The maximum atomic E-state index is 12.3. The number of hydrogen-bond acceptors (Lipinski definition) is 4. The van der Waals surface area contributed by atoms with E-state index < -0.39 is 11.9 Å². The topological polar surface area (TPSA) is 142 Å². The Bertz CT molecular complexity index is 599. The first-order chi connectivity index (χ1) is 13.2. The van der Waals surface area contributed by atoms with Crippen LogP contribution in [0.1, 0.15) is 51.9 Å². The van der Waals surface area contributed by atoms with E-state index in [2.05, 4.69) is 4.99 Å². The molecule has 2 rings (SSSR count). The number of amides is 2. The molecule has 0 unspecified atom stereocenters. The molecule has 0 aromatic heterocycles. The summed E-state index contributed by atoms with van der Waals surface area (Å²) in [6.07, 6.45) is 4.80. The van der Waals surface area contributed by atoms with Gasteiger partial charge < -0.3 is 26.4 Å². The van der Waals surface area contributed by atoms with Gasteiger partial charge in [-0.15, -0.1) is 0 Å². The molecule has 9 heteroatoms. The van der Waals surface area contributed by atoms with E-state index in [1.807, 2.05) is 9.80 Å². The first-order valence-corrected chi connectivity index (χ1v) is 10.1. The maximum Gasteiger partial charge on any atom is 0.306 e. The van der Waals surface area contributed by atoms with Crippen molar-refractivity contribution in [1.82, 2.24) is 9.80 Å². The number of nitrogens with zero attached hydrogens (tertiary/aromatic N) is 3. The molecule has 0 aromatic carbocycles. The van der Waals surface area contributed by atoms with Gasteiger partial charge in [-0.25, -0.2) is 0 Å². The number of nitrogens with two attached hydrogens (primary N) is 2. The highest BCUT2D eigenvalue weighted by Gasteiger charge is 2.39. The molecule has 2 saturated heterocycles. The number of aliphatic carboxylic acids is 1. The predicted octanol–water partition coefficient (Wildman–Crippen LogP) is 0.382. The Labute approximate surface area is 166 Å². The van der Waals surface area contributed by atoms with Crippen LogP contribution in [0, 0.1) is 11.3 Å². The predicted molar refractivity (Wildman–Crippen MR) is 105 cm³/mol. The van der Waals surface area contributed by atoms with E-state index in [0.29, 0.717) is 25.8 Å². The van der Waals surface area contributed by atoms with Crippen molar-refractivity contribution in [2.75, 3.05) is 32.7 Å². The quantitative estimate of drug-likeness (QED) is 0.420. The molecule has 0 radical (unpaired) electrons. The van der Waals surface area contributed by atoms with Crippen LogP contribution in [-0.2, 0) is 14.4 Å². The molecule has 1 atom stereocenters. The third kappa shape index (κ3) is 6.10. The Morgan fingerprint density at radius 2 is 1.43 bits per heavy atom. The van der Waals surface area contributed by atoms with Crippen molar-refractivity contribution < 1.29 is 19.5 Å². The summed E-state index contributed by atoms with van der Waals surface area (Å²) in [5.74, 6) is -1.21. The average Bonchev–Trinajstić information content (AvgIpc) is 2.66. The zero-order chi connectivity index (χ0) is 20.7. The van der Waals surface area contributed by atoms with Crippen LogP contribution in [0.2, 0.25) is 0 Å². The monoisotopic (exact) mass is 395 g/mol. The zero-order valence-corrected chi connectivity index (χ0v) is 16.7. The Balaban J connectivity index is 1.73. The zero-order valence-electron chi connectivity index (χ0n) is 16.7. The van der Waals surface area contributed by atoms with Gasteiger partial charge >= 0.3 is 5.97 Å². The standard InChI is InChI=1S/C19H33N5O4/c1-14(17(27)28)2-3-15(25)23-10-5-19(6-11-23)7-12-24(13-8-19)16(26)4-9-22-18(20)21/h14H,2-13H2,1H3,(H,27,28)(H4,20,21,22)/t14-/m0/s1. The number of guanidine groups is 1. The highest BCUT2D eigenvalue weighted by atomic mass is 16.4. The van der Waals surface area contributed by atoms with Gasteiger partial charge in [0.25, 0.3) is 0 Å². The van der Waals surface area contributed by atoms with Gasteiger partial charge in [0, 0.05) is 39.0 Å². The average molecular weight is 396 g/mol. The van der Waals surface area contributed by atoms with Crippen LogP contribution >= 0.6 is 0 Å². The van der Waals surface area contributed by atoms with Gasteiger partial charge in [-0.1, -0.05) is 6.92 Å². The van der Waals surface area contributed by atoms with Crippen LogP contribution in [0.3, 0.4) is 0 Å². The number of carbonyl (C=O) groups is 3. The van der Waals surface area contributed by atoms with Crippen molar-refractivity contribution in [3.8, 4) is 0 Å². The molecule has 2 aliphatic heterocycles. The minimum atomic E-state index is -0.856. The highest BCUT2D eigenvalue weighted by molar-refractivity contribution is 5.79. The maximum absolute atomic E-state index is 12.3. The molecule has 28 heavy (non-hydrogen) atoms. The van der Waals surface area contributed by atoms with E-state index in [0.717, 1.165) is 51.9 Å². The number of carbonyl (C=O) groups excluding carboxylic acids is 2. The van der Waals surface area contributed by atoms with Crippen molar-refractivity contribution >= 4 is 23.7 Å². The van der Waals surface area contributed by atoms with Gasteiger partial charge in [-0.05, 0) is 37.5 Å². The van der Waals surface area contributed by atoms with Gasteiger partial charge in [0.2, 0.25) is 11.8 Å². The van der Waals surface area contributed by atoms with Gasteiger partial charge in [0.05, 0.1) is 12.5 Å². The molecule has 2 aliphatic rings. The number of carboxylic acid groups (broad SMARTS) is 1. The Morgan fingerprint density at radius 1 is 0.964 bits per heavy atom. The summed E-state index contributed by atoms with van der Waals surface area (Å²) in [4.78, 5) is 43.1. The molecule has 0 saturated carbocycles.